The predicted octanol–water partition coefficient (Wildman–Crippen LogP) is 3.73. The van der Waals surface area contributed by atoms with Gasteiger partial charge >= 0.3 is 0 Å². The average molecular weight is 305 g/mol. The Morgan fingerprint density at radius 1 is 0.870 bits per heavy atom. The van der Waals surface area contributed by atoms with Crippen LogP contribution in [0.5, 0.6) is 0 Å². The van der Waals surface area contributed by atoms with Gasteiger partial charge in [0.25, 0.3) is 0 Å². The molecule has 3 fully saturated rings. The van der Waals surface area contributed by atoms with E-state index in [1.807, 2.05) is 0 Å². The van der Waals surface area contributed by atoms with E-state index in [-0.39, 0.29) is 11.8 Å². The second kappa shape index (κ2) is 6.29. The molecule has 3 saturated heterocycles. The molecule has 0 N–H and O–H groups in total. The third kappa shape index (κ3) is 2.61. The molecule has 2 nitrogen and oxygen atoms in total. The van der Waals surface area contributed by atoms with Crippen LogP contribution in [0.15, 0.2) is 60.7 Å². The average Bonchev–Trinajstić information content (AvgIpc) is 2.65. The van der Waals surface area contributed by atoms with Crippen molar-refractivity contribution in [2.75, 3.05) is 13.1 Å². The van der Waals surface area contributed by atoms with Gasteiger partial charge in [0.05, 0.1) is 0 Å². The minimum absolute atomic E-state index is 0.155. The smallest absolute Gasteiger partial charge is 0.124 e. The highest BCUT2D eigenvalue weighted by atomic mass is 16.1. The fourth-order valence-corrected chi connectivity index (χ4v) is 4.66. The van der Waals surface area contributed by atoms with E-state index in [2.05, 4.69) is 65.6 Å². The highest BCUT2D eigenvalue weighted by Crippen LogP contribution is 2.44. The molecule has 3 aliphatic heterocycles. The number of carbonyl (C=O) groups is 1. The van der Waals surface area contributed by atoms with Crippen molar-refractivity contribution in [1.29, 1.82) is 0 Å². The Hall–Kier alpha value is -1.93. The Kier molecular flexibility index (Phi) is 4.00. The standard InChI is InChI=1S/C21H23NO/c23-15-19-16-11-13-22(14-12-16)21(19)20(17-7-3-1-4-8-17)18-9-5-2-6-10-18/h1-10,15-16,19-21H,11-14H2. The second-order valence-electron chi connectivity index (χ2n) is 6.88. The molecular weight excluding hydrogens is 282 g/mol. The normalized spacial score (nSPS) is 29.6. The van der Waals surface area contributed by atoms with E-state index in [4.69, 9.17) is 0 Å². The van der Waals surface area contributed by atoms with E-state index in [1.54, 1.807) is 0 Å². The molecule has 3 heterocycles. The SMILES string of the molecule is O=CC1C2CCN(CC2)C1C(c1ccccc1)c1ccccc1. The van der Waals surface area contributed by atoms with Crippen molar-refractivity contribution >= 4 is 6.29 Å². The number of hydrogen-bond acceptors (Lipinski definition) is 2. The van der Waals surface area contributed by atoms with Gasteiger partial charge in [-0.25, -0.2) is 0 Å². The summed E-state index contributed by atoms with van der Waals surface area (Å²) in [6.07, 6.45) is 3.59. The minimum atomic E-state index is 0.155. The van der Waals surface area contributed by atoms with E-state index in [9.17, 15) is 4.79 Å². The monoisotopic (exact) mass is 305 g/mol. The van der Waals surface area contributed by atoms with Crippen LogP contribution >= 0.6 is 0 Å². The lowest BCUT2D eigenvalue weighted by Gasteiger charge is -2.52. The first kappa shape index (κ1) is 14.6. The Morgan fingerprint density at radius 3 is 1.87 bits per heavy atom. The van der Waals surface area contributed by atoms with E-state index < -0.39 is 0 Å². The molecule has 0 spiro atoms. The molecule has 0 aliphatic carbocycles. The number of hydrogen-bond donors (Lipinski definition) is 0. The Bertz CT molecular complexity index is 607. The van der Waals surface area contributed by atoms with Gasteiger partial charge < -0.3 is 4.79 Å². The Balaban J connectivity index is 1.80. The van der Waals surface area contributed by atoms with Gasteiger partial charge in [0.1, 0.15) is 6.29 Å². The zero-order valence-corrected chi connectivity index (χ0v) is 13.3. The van der Waals surface area contributed by atoms with Crippen LogP contribution in [-0.2, 0) is 4.79 Å². The molecule has 0 saturated carbocycles. The van der Waals surface area contributed by atoms with Crippen molar-refractivity contribution in [2.45, 2.75) is 24.8 Å². The number of nitrogens with zero attached hydrogens (tertiary/aromatic N) is 1. The van der Waals surface area contributed by atoms with Crippen molar-refractivity contribution in [3.63, 3.8) is 0 Å². The van der Waals surface area contributed by atoms with E-state index >= 15 is 0 Å². The van der Waals surface area contributed by atoms with Gasteiger partial charge in [0.15, 0.2) is 0 Å². The molecule has 23 heavy (non-hydrogen) atoms. The number of carbonyl (C=O) groups excluding carboxylic acids is 1. The Labute approximate surface area is 138 Å². The third-order valence-electron chi connectivity index (χ3n) is 5.75. The number of fused-ring (bicyclic) bond motifs is 3. The molecule has 3 aliphatic rings. The quantitative estimate of drug-likeness (QED) is 0.802. The largest absolute Gasteiger partial charge is 0.303 e. The van der Waals surface area contributed by atoms with Crippen molar-refractivity contribution < 1.29 is 4.79 Å². The fraction of sp³-hybridized carbons (Fsp3) is 0.381. The van der Waals surface area contributed by atoms with Crippen molar-refractivity contribution in [1.82, 2.24) is 4.90 Å². The van der Waals surface area contributed by atoms with Crippen LogP contribution in [0.3, 0.4) is 0 Å². The summed E-state index contributed by atoms with van der Waals surface area (Å²) in [4.78, 5) is 14.5. The number of benzene rings is 2. The summed E-state index contributed by atoms with van der Waals surface area (Å²) >= 11 is 0. The van der Waals surface area contributed by atoms with Gasteiger partial charge in [-0.2, -0.15) is 0 Å². The van der Waals surface area contributed by atoms with Gasteiger partial charge in [-0.15, -0.1) is 0 Å². The van der Waals surface area contributed by atoms with Crippen LogP contribution in [0.2, 0.25) is 0 Å². The molecule has 2 aromatic rings. The lowest BCUT2D eigenvalue weighted by Crippen LogP contribution is -2.57. The van der Waals surface area contributed by atoms with Crippen molar-refractivity contribution in [3.05, 3.63) is 71.8 Å². The first-order valence-electron chi connectivity index (χ1n) is 8.67. The molecule has 0 radical (unpaired) electrons. The van der Waals surface area contributed by atoms with E-state index in [1.165, 1.54) is 30.3 Å². The molecule has 2 bridgehead atoms. The molecule has 0 aromatic heterocycles. The van der Waals surface area contributed by atoms with E-state index in [0.29, 0.717) is 12.0 Å². The van der Waals surface area contributed by atoms with Crippen LogP contribution in [0.1, 0.15) is 29.9 Å². The maximum atomic E-state index is 11.9. The predicted molar refractivity (Wildman–Crippen MR) is 92.4 cm³/mol. The van der Waals surface area contributed by atoms with Crippen LogP contribution in [-0.4, -0.2) is 30.3 Å². The number of aldehydes is 1. The minimum Gasteiger partial charge on any atom is -0.303 e. The molecule has 2 atom stereocenters. The summed E-state index contributed by atoms with van der Waals surface area (Å²) < 4.78 is 0. The highest BCUT2D eigenvalue weighted by Gasteiger charge is 2.46. The summed E-state index contributed by atoms with van der Waals surface area (Å²) in [7, 11) is 0. The number of piperidine rings is 3. The number of rotatable bonds is 4. The first-order valence-corrected chi connectivity index (χ1v) is 8.67. The fourth-order valence-electron chi connectivity index (χ4n) is 4.66. The summed E-state index contributed by atoms with van der Waals surface area (Å²) in [5.74, 6) is 0.996. The summed E-state index contributed by atoms with van der Waals surface area (Å²) in [5.41, 5.74) is 2.64. The third-order valence-corrected chi connectivity index (χ3v) is 5.75. The summed E-state index contributed by atoms with van der Waals surface area (Å²) in [6, 6.07) is 21.7. The Morgan fingerprint density at radius 2 is 1.39 bits per heavy atom. The van der Waals surface area contributed by atoms with Crippen LogP contribution in [0.25, 0.3) is 0 Å². The van der Waals surface area contributed by atoms with Gasteiger partial charge in [0.2, 0.25) is 0 Å². The van der Waals surface area contributed by atoms with Gasteiger partial charge in [0, 0.05) is 17.9 Å². The van der Waals surface area contributed by atoms with Crippen molar-refractivity contribution in [2.24, 2.45) is 11.8 Å². The maximum Gasteiger partial charge on any atom is 0.124 e. The van der Waals surface area contributed by atoms with Crippen LogP contribution in [0, 0.1) is 11.8 Å². The molecular formula is C21H23NO. The zero-order valence-electron chi connectivity index (χ0n) is 13.3. The summed E-state index contributed by atoms with van der Waals surface area (Å²) in [5, 5.41) is 0. The lowest BCUT2D eigenvalue weighted by atomic mass is 9.67. The summed E-state index contributed by atoms with van der Waals surface area (Å²) in [6.45, 7) is 2.27. The molecule has 2 unspecified atom stereocenters. The zero-order chi connectivity index (χ0) is 15.6. The molecule has 5 rings (SSSR count). The highest BCUT2D eigenvalue weighted by molar-refractivity contribution is 5.57. The first-order chi connectivity index (χ1) is 11.4. The van der Waals surface area contributed by atoms with Gasteiger partial charge in [-0.3, -0.25) is 4.90 Å². The van der Waals surface area contributed by atoms with Gasteiger partial charge in [-0.1, -0.05) is 60.7 Å². The lowest BCUT2D eigenvalue weighted by molar-refractivity contribution is -0.121. The van der Waals surface area contributed by atoms with Crippen LogP contribution in [0.4, 0.5) is 0 Å². The van der Waals surface area contributed by atoms with E-state index in [0.717, 1.165) is 13.1 Å². The maximum absolute atomic E-state index is 11.9. The van der Waals surface area contributed by atoms with Crippen molar-refractivity contribution in [3.8, 4) is 0 Å². The molecule has 2 heteroatoms. The topological polar surface area (TPSA) is 20.3 Å². The molecule has 0 amide bonds. The second-order valence-corrected chi connectivity index (χ2v) is 6.88. The van der Waals surface area contributed by atoms with Gasteiger partial charge in [-0.05, 0) is 43.0 Å². The molecule has 2 aromatic carbocycles. The molecule has 118 valence electrons. The van der Waals surface area contributed by atoms with Crippen LogP contribution < -0.4 is 0 Å².